The number of benzene rings is 1. The highest BCUT2D eigenvalue weighted by Crippen LogP contribution is 2.25. The van der Waals surface area contributed by atoms with Crippen molar-refractivity contribution in [2.75, 3.05) is 7.11 Å². The van der Waals surface area contributed by atoms with Gasteiger partial charge in [0.25, 0.3) is 0 Å². The smallest absolute Gasteiger partial charge is 0.323 e. The van der Waals surface area contributed by atoms with E-state index in [4.69, 9.17) is 9.84 Å². The maximum atomic E-state index is 10.9. The van der Waals surface area contributed by atoms with Gasteiger partial charge in [-0.2, -0.15) is 0 Å². The Morgan fingerprint density at radius 2 is 2.29 bits per heavy atom. The van der Waals surface area contributed by atoms with Crippen LogP contribution in [0.15, 0.2) is 24.4 Å². The maximum Gasteiger partial charge on any atom is 0.323 e. The van der Waals surface area contributed by atoms with Crippen LogP contribution in [0.5, 0.6) is 5.75 Å². The molecule has 0 saturated carbocycles. The molecule has 5 heteroatoms. The van der Waals surface area contributed by atoms with Gasteiger partial charge in [-0.05, 0) is 18.2 Å². The van der Waals surface area contributed by atoms with Crippen molar-refractivity contribution in [3.63, 3.8) is 0 Å². The Morgan fingerprint density at radius 3 is 2.88 bits per heavy atom. The van der Waals surface area contributed by atoms with Crippen LogP contribution < -0.4 is 4.74 Å². The molecule has 0 atom stereocenters. The molecule has 88 valence electrons. The minimum absolute atomic E-state index is 0.170. The number of hydrogen-bond acceptors (Lipinski definition) is 3. The molecule has 0 unspecified atom stereocenters. The van der Waals surface area contributed by atoms with Crippen molar-refractivity contribution in [1.82, 2.24) is 4.57 Å². The van der Waals surface area contributed by atoms with Gasteiger partial charge in [0.05, 0.1) is 7.11 Å². The minimum Gasteiger partial charge on any atom is -0.497 e. The monoisotopic (exact) mass is 233 g/mol. The summed E-state index contributed by atoms with van der Waals surface area (Å²) in [7, 11) is 1.54. The number of nitrogens with zero attached hydrogens (tertiary/aromatic N) is 1. The Morgan fingerprint density at radius 1 is 1.53 bits per heavy atom. The number of aldehydes is 1. The van der Waals surface area contributed by atoms with E-state index in [2.05, 4.69) is 0 Å². The molecule has 0 amide bonds. The van der Waals surface area contributed by atoms with Crippen LogP contribution in [0.2, 0.25) is 0 Å². The first-order valence-corrected chi connectivity index (χ1v) is 4.99. The lowest BCUT2D eigenvalue weighted by Crippen LogP contribution is -2.07. The van der Waals surface area contributed by atoms with Gasteiger partial charge in [-0.3, -0.25) is 9.59 Å². The Bertz CT molecular complexity index is 585. The molecule has 0 spiro atoms. The molecule has 0 radical (unpaired) electrons. The number of rotatable bonds is 4. The van der Waals surface area contributed by atoms with E-state index in [0.717, 1.165) is 0 Å². The largest absolute Gasteiger partial charge is 0.497 e. The van der Waals surface area contributed by atoms with Crippen molar-refractivity contribution in [2.45, 2.75) is 6.54 Å². The summed E-state index contributed by atoms with van der Waals surface area (Å²) in [5.74, 6) is -0.316. The minimum atomic E-state index is -0.949. The molecule has 1 N–H and O–H groups in total. The topological polar surface area (TPSA) is 68.5 Å². The van der Waals surface area contributed by atoms with Gasteiger partial charge in [-0.15, -0.1) is 0 Å². The van der Waals surface area contributed by atoms with Crippen molar-refractivity contribution in [3.05, 3.63) is 30.0 Å². The zero-order valence-corrected chi connectivity index (χ0v) is 9.21. The highest BCUT2D eigenvalue weighted by molar-refractivity contribution is 5.98. The van der Waals surface area contributed by atoms with E-state index in [9.17, 15) is 9.59 Å². The molecule has 0 aliphatic rings. The van der Waals surface area contributed by atoms with Gasteiger partial charge in [0.15, 0.2) is 6.29 Å². The number of carboxylic acid groups (broad SMARTS) is 1. The first-order valence-electron chi connectivity index (χ1n) is 4.99. The van der Waals surface area contributed by atoms with Crippen LogP contribution in [0.25, 0.3) is 10.9 Å². The molecule has 2 rings (SSSR count). The molecule has 0 aliphatic heterocycles. The number of fused-ring (bicyclic) bond motifs is 1. The normalized spacial score (nSPS) is 10.4. The third-order valence-corrected chi connectivity index (χ3v) is 2.55. The molecule has 0 bridgehead atoms. The average molecular weight is 233 g/mol. The van der Waals surface area contributed by atoms with E-state index in [1.807, 2.05) is 0 Å². The molecule has 1 aromatic carbocycles. The fourth-order valence-corrected chi connectivity index (χ4v) is 1.80. The second-order valence-electron chi connectivity index (χ2n) is 3.61. The van der Waals surface area contributed by atoms with Crippen LogP contribution in [0.4, 0.5) is 0 Å². The lowest BCUT2D eigenvalue weighted by atomic mass is 10.2. The third-order valence-electron chi connectivity index (χ3n) is 2.55. The van der Waals surface area contributed by atoms with Crippen molar-refractivity contribution in [1.29, 1.82) is 0 Å². The quantitative estimate of drug-likeness (QED) is 0.813. The van der Waals surface area contributed by atoms with Crippen LogP contribution in [0.1, 0.15) is 10.4 Å². The number of carbonyl (C=O) groups is 2. The fourth-order valence-electron chi connectivity index (χ4n) is 1.80. The average Bonchev–Trinajstić information content (AvgIpc) is 2.66. The highest BCUT2D eigenvalue weighted by atomic mass is 16.5. The Hall–Kier alpha value is -2.30. The summed E-state index contributed by atoms with van der Waals surface area (Å²) in [6.07, 6.45) is 2.24. The van der Waals surface area contributed by atoms with Gasteiger partial charge >= 0.3 is 5.97 Å². The number of ether oxygens (including phenoxy) is 1. The van der Waals surface area contributed by atoms with Crippen molar-refractivity contribution in [2.24, 2.45) is 0 Å². The number of carbonyl (C=O) groups excluding carboxylic acids is 1. The predicted molar refractivity (Wildman–Crippen MR) is 61.5 cm³/mol. The van der Waals surface area contributed by atoms with Gasteiger partial charge in [-0.1, -0.05) is 0 Å². The van der Waals surface area contributed by atoms with Crippen LogP contribution >= 0.6 is 0 Å². The lowest BCUT2D eigenvalue weighted by Gasteiger charge is -2.02. The summed E-state index contributed by atoms with van der Waals surface area (Å²) < 4.78 is 6.60. The summed E-state index contributed by atoms with van der Waals surface area (Å²) in [5, 5.41) is 9.47. The number of aromatic nitrogens is 1. The van der Waals surface area contributed by atoms with Crippen LogP contribution in [-0.4, -0.2) is 29.0 Å². The van der Waals surface area contributed by atoms with Crippen LogP contribution in [0, 0.1) is 0 Å². The summed E-state index contributed by atoms with van der Waals surface area (Å²) in [6.45, 7) is -0.170. The Balaban J connectivity index is 2.63. The predicted octanol–water partition coefficient (Wildman–Crippen LogP) is 1.55. The van der Waals surface area contributed by atoms with E-state index in [-0.39, 0.29) is 6.54 Å². The number of methoxy groups -OCH3 is 1. The molecule has 0 saturated heterocycles. The zero-order valence-electron chi connectivity index (χ0n) is 9.21. The standard InChI is InChI=1S/C12H11NO4/c1-17-9-2-3-11-10(4-9)8(7-14)5-13(11)6-12(15)16/h2-5,7H,6H2,1H3,(H,15,16). The van der Waals surface area contributed by atoms with E-state index < -0.39 is 5.97 Å². The molecule has 0 aliphatic carbocycles. The summed E-state index contributed by atoms with van der Waals surface area (Å²) in [4.78, 5) is 21.6. The fraction of sp³-hybridized carbons (Fsp3) is 0.167. The van der Waals surface area contributed by atoms with Crippen LogP contribution in [0.3, 0.4) is 0 Å². The Labute approximate surface area is 97.2 Å². The van der Waals surface area contributed by atoms with E-state index in [1.54, 1.807) is 18.2 Å². The van der Waals surface area contributed by atoms with Crippen LogP contribution in [-0.2, 0) is 11.3 Å². The van der Waals surface area contributed by atoms with E-state index >= 15 is 0 Å². The van der Waals surface area contributed by atoms with E-state index in [0.29, 0.717) is 28.5 Å². The summed E-state index contributed by atoms with van der Waals surface area (Å²) in [5.41, 5.74) is 1.16. The van der Waals surface area contributed by atoms with Crippen molar-refractivity contribution < 1.29 is 19.4 Å². The Kier molecular flexibility index (Phi) is 2.82. The molecular weight excluding hydrogens is 222 g/mol. The highest BCUT2D eigenvalue weighted by Gasteiger charge is 2.10. The molecule has 2 aromatic rings. The van der Waals surface area contributed by atoms with Crippen molar-refractivity contribution >= 4 is 23.2 Å². The molecule has 0 fully saturated rings. The van der Waals surface area contributed by atoms with Gasteiger partial charge in [-0.25, -0.2) is 0 Å². The second-order valence-corrected chi connectivity index (χ2v) is 3.61. The third kappa shape index (κ3) is 1.99. The number of aliphatic carboxylic acids is 1. The van der Waals surface area contributed by atoms with E-state index in [1.165, 1.54) is 17.9 Å². The SMILES string of the molecule is COc1ccc2c(c1)c(C=O)cn2CC(=O)O. The molecule has 17 heavy (non-hydrogen) atoms. The summed E-state index contributed by atoms with van der Waals surface area (Å²) >= 11 is 0. The molecule has 1 aromatic heterocycles. The number of carboxylic acids is 1. The first kappa shape index (κ1) is 11.2. The zero-order chi connectivity index (χ0) is 12.4. The number of hydrogen-bond donors (Lipinski definition) is 1. The molecule has 5 nitrogen and oxygen atoms in total. The van der Waals surface area contributed by atoms with Gasteiger partial charge in [0.1, 0.15) is 12.3 Å². The van der Waals surface area contributed by atoms with Gasteiger partial charge in [0.2, 0.25) is 0 Å². The van der Waals surface area contributed by atoms with Crippen molar-refractivity contribution in [3.8, 4) is 5.75 Å². The second kappa shape index (κ2) is 4.29. The van der Waals surface area contributed by atoms with Gasteiger partial charge in [0, 0.05) is 22.7 Å². The molecular formula is C12H11NO4. The molecule has 1 heterocycles. The maximum absolute atomic E-state index is 10.9. The lowest BCUT2D eigenvalue weighted by molar-refractivity contribution is -0.137. The first-order chi connectivity index (χ1) is 8.15. The summed E-state index contributed by atoms with van der Waals surface area (Å²) in [6, 6.07) is 5.19. The van der Waals surface area contributed by atoms with Gasteiger partial charge < -0.3 is 14.4 Å².